The van der Waals surface area contributed by atoms with Gasteiger partial charge in [-0.1, -0.05) is 0 Å². The van der Waals surface area contributed by atoms with Crippen molar-refractivity contribution in [3.63, 3.8) is 0 Å². The van der Waals surface area contributed by atoms with E-state index < -0.39 is 0 Å². The summed E-state index contributed by atoms with van der Waals surface area (Å²) in [6, 6.07) is 0. The third-order valence-corrected chi connectivity index (χ3v) is 0. The summed E-state index contributed by atoms with van der Waals surface area (Å²) in [6.07, 6.45) is 0. The Morgan fingerprint density at radius 2 is 0.400 bits per heavy atom. The van der Waals surface area contributed by atoms with Crippen molar-refractivity contribution in [3.05, 3.63) is 0 Å². The average Bonchev–Trinajstić information content (AvgIpc) is 0. The van der Waals surface area contributed by atoms with Crippen molar-refractivity contribution in [2.45, 2.75) is 0 Å². The summed E-state index contributed by atoms with van der Waals surface area (Å²) < 4.78 is 0. The van der Waals surface area contributed by atoms with Crippen molar-refractivity contribution in [1.29, 1.82) is 0 Å². The normalized spacial score (nSPS) is 0. The fraction of sp³-hybridized carbons (Fsp3) is 0. The molecule has 0 amide bonds. The van der Waals surface area contributed by atoms with E-state index in [1.54, 1.807) is 0 Å². The second-order valence-corrected chi connectivity index (χ2v) is 0. The van der Waals surface area contributed by atoms with Gasteiger partial charge in [-0.15, -0.1) is 0 Å². The average molecular weight is 350 g/mol. The first-order chi connectivity index (χ1) is 0. The zero-order valence-corrected chi connectivity index (χ0v) is 22.8. The predicted molar refractivity (Wildman–Crippen MR) is 39.8 cm³/mol. The molecular formula is H12Ge4Ti. The van der Waals surface area contributed by atoms with Gasteiger partial charge in [0.2, 0.25) is 0 Å². The molecule has 0 saturated heterocycles. The van der Waals surface area contributed by atoms with Crippen LogP contribution in [0.4, 0.5) is 0 Å². The minimum absolute atomic E-state index is 0. The number of hydrogen-bond acceptors (Lipinski definition) is 0. The maximum absolute atomic E-state index is 0. The first-order valence-corrected chi connectivity index (χ1v) is 0. The van der Waals surface area contributed by atoms with Crippen LogP contribution in [-0.4, -0.2) is 70.4 Å². The number of rotatable bonds is 0. The monoisotopic (exact) mass is 356 g/mol. The zero-order chi connectivity index (χ0) is 0. The molecular weight excluding hydrogens is 338 g/mol. The Balaban J connectivity index is 0. The van der Waals surface area contributed by atoms with E-state index >= 15 is 0 Å². The van der Waals surface area contributed by atoms with Crippen molar-refractivity contribution in [1.82, 2.24) is 0 Å². The van der Waals surface area contributed by atoms with Crippen LogP contribution in [0.3, 0.4) is 0 Å². The molecule has 32 valence electrons. The largest absolute Gasteiger partial charge is 4.00 e. The van der Waals surface area contributed by atoms with E-state index in [2.05, 4.69) is 0 Å². The van der Waals surface area contributed by atoms with Crippen molar-refractivity contribution >= 4 is 70.4 Å². The van der Waals surface area contributed by atoms with Crippen LogP contribution in [0.1, 0.15) is 0 Å². The Kier molecular flexibility index (Phi) is 257. The zero-order valence-electron chi connectivity index (χ0n) is 4.50. The van der Waals surface area contributed by atoms with Gasteiger partial charge in [-0.25, -0.2) is 0 Å². The first kappa shape index (κ1) is 44.9. The minimum Gasteiger partial charge on any atom is 4.00 e. The van der Waals surface area contributed by atoms with Gasteiger partial charge in [-0.3, -0.25) is 0 Å². The molecule has 0 heterocycles. The van der Waals surface area contributed by atoms with E-state index in [-0.39, 0.29) is 92.1 Å². The Labute approximate surface area is 90.8 Å². The minimum atomic E-state index is 0. The van der Waals surface area contributed by atoms with Gasteiger partial charge in [-0.05, 0) is 0 Å². The second-order valence-electron chi connectivity index (χ2n) is 0. The molecule has 0 radical (unpaired) electrons. The summed E-state index contributed by atoms with van der Waals surface area (Å²) in [4.78, 5) is 0. The molecule has 5 heavy (non-hydrogen) atoms. The van der Waals surface area contributed by atoms with Crippen molar-refractivity contribution < 1.29 is 21.7 Å². The van der Waals surface area contributed by atoms with Crippen LogP contribution in [0, 0.1) is 0 Å². The van der Waals surface area contributed by atoms with Gasteiger partial charge in [0, 0.05) is 0 Å². The van der Waals surface area contributed by atoms with E-state index in [4.69, 9.17) is 0 Å². The van der Waals surface area contributed by atoms with Gasteiger partial charge < -0.3 is 0 Å². The maximum Gasteiger partial charge on any atom is 4.00 e. The fourth-order valence-electron chi connectivity index (χ4n) is 0. The molecule has 0 aromatic rings. The van der Waals surface area contributed by atoms with Gasteiger partial charge in [0.15, 0.2) is 0 Å². The van der Waals surface area contributed by atoms with Gasteiger partial charge in [0.05, 0.1) is 0 Å². The van der Waals surface area contributed by atoms with Crippen LogP contribution in [0.15, 0.2) is 0 Å². The topological polar surface area (TPSA) is 0 Å². The first-order valence-electron chi connectivity index (χ1n) is 0. The van der Waals surface area contributed by atoms with Gasteiger partial charge >= 0.3 is 92.1 Å². The van der Waals surface area contributed by atoms with E-state index in [1.165, 1.54) is 0 Å². The van der Waals surface area contributed by atoms with E-state index in [1.807, 2.05) is 0 Å². The summed E-state index contributed by atoms with van der Waals surface area (Å²) in [5, 5.41) is 0. The molecule has 0 aromatic carbocycles. The smallest absolute Gasteiger partial charge is 4.00 e. The van der Waals surface area contributed by atoms with Crippen molar-refractivity contribution in [3.8, 4) is 0 Å². The second kappa shape index (κ2) is 28.6. The van der Waals surface area contributed by atoms with Crippen LogP contribution in [-0.2, 0) is 21.7 Å². The molecule has 0 rings (SSSR count). The quantitative estimate of drug-likeness (QED) is 0.385. The van der Waals surface area contributed by atoms with Crippen molar-refractivity contribution in [2.24, 2.45) is 0 Å². The molecule has 0 N–H and O–H groups in total. The van der Waals surface area contributed by atoms with Crippen LogP contribution in [0.2, 0.25) is 0 Å². The van der Waals surface area contributed by atoms with Crippen LogP contribution in [0.25, 0.3) is 0 Å². The van der Waals surface area contributed by atoms with Gasteiger partial charge in [0.25, 0.3) is 0 Å². The summed E-state index contributed by atoms with van der Waals surface area (Å²) >= 11 is 0. The molecule has 0 atom stereocenters. The molecule has 0 aliphatic rings. The Bertz CT molecular complexity index is 3.61. The summed E-state index contributed by atoms with van der Waals surface area (Å²) in [5.41, 5.74) is 0. The molecule has 0 spiro atoms. The summed E-state index contributed by atoms with van der Waals surface area (Å²) in [5.74, 6) is 0. The Hall–Kier alpha value is 2.89. The van der Waals surface area contributed by atoms with E-state index in [0.717, 1.165) is 0 Å². The predicted octanol–water partition coefficient (Wildman–Crippen LogP) is -4.74. The Morgan fingerprint density at radius 3 is 0.400 bits per heavy atom. The van der Waals surface area contributed by atoms with E-state index in [9.17, 15) is 0 Å². The van der Waals surface area contributed by atoms with E-state index in [0.29, 0.717) is 0 Å². The SMILES string of the molecule is [GeH3-].[GeH3-].[GeH3-].[GeH3-].[Ti+4]. The third-order valence-electron chi connectivity index (χ3n) is 0. The maximum atomic E-state index is 0. The molecule has 0 aromatic heterocycles. The fourth-order valence-corrected chi connectivity index (χ4v) is 0. The van der Waals surface area contributed by atoms with Crippen LogP contribution < -0.4 is 0 Å². The molecule has 0 unspecified atom stereocenters. The molecule has 5 heteroatoms. The van der Waals surface area contributed by atoms with Gasteiger partial charge in [-0.2, -0.15) is 0 Å². The van der Waals surface area contributed by atoms with Crippen molar-refractivity contribution in [2.75, 3.05) is 0 Å². The van der Waals surface area contributed by atoms with Crippen LogP contribution >= 0.6 is 0 Å². The summed E-state index contributed by atoms with van der Waals surface area (Å²) in [7, 11) is 0. The van der Waals surface area contributed by atoms with Crippen LogP contribution in [0.5, 0.6) is 0 Å². The molecule has 0 saturated carbocycles. The Morgan fingerprint density at radius 1 is 0.400 bits per heavy atom. The molecule has 0 fully saturated rings. The molecule has 0 aliphatic carbocycles. The summed E-state index contributed by atoms with van der Waals surface area (Å²) in [6.45, 7) is 0. The third kappa shape index (κ3) is 19.7. The number of hydrogen-bond donors (Lipinski definition) is 0. The molecule has 0 bridgehead atoms. The molecule has 0 nitrogen and oxygen atoms in total. The molecule has 0 aliphatic heterocycles. The standard InChI is InChI=1S/4GeH3.Ti/h4*1H3;/q4*-1;+4. The van der Waals surface area contributed by atoms with Gasteiger partial charge in [0.1, 0.15) is 0 Å².